The molecule has 6 heteroatoms. The lowest BCUT2D eigenvalue weighted by molar-refractivity contribution is 0.101. The Morgan fingerprint density at radius 1 is 1.32 bits per heavy atom. The van der Waals surface area contributed by atoms with Gasteiger partial charge in [0.25, 0.3) is 0 Å². The fourth-order valence-corrected chi connectivity index (χ4v) is 2.23. The van der Waals surface area contributed by atoms with Gasteiger partial charge in [0.15, 0.2) is 5.76 Å². The third-order valence-electron chi connectivity index (χ3n) is 3.06. The molecule has 2 N–H and O–H groups in total. The minimum Gasteiger partial charge on any atom is -0.458 e. The van der Waals surface area contributed by atoms with Crippen LogP contribution in [-0.2, 0) is 7.05 Å². The fourth-order valence-electron chi connectivity index (χ4n) is 2.23. The van der Waals surface area contributed by atoms with Crippen molar-refractivity contribution in [2.24, 2.45) is 7.05 Å². The minimum atomic E-state index is -0.291. The van der Waals surface area contributed by atoms with Crippen molar-refractivity contribution in [2.45, 2.75) is 13.8 Å². The van der Waals surface area contributed by atoms with Crippen molar-refractivity contribution in [3.8, 4) is 0 Å². The van der Waals surface area contributed by atoms with Gasteiger partial charge in [0.2, 0.25) is 17.4 Å². The number of fused-ring (bicyclic) bond motifs is 1. The molecule has 0 saturated carbocycles. The SMILES string of the molecule is Cc1ccc(C(=O)c2c(N)oc3c2c(C)nn3C)o1. The van der Waals surface area contributed by atoms with Crippen molar-refractivity contribution < 1.29 is 13.6 Å². The van der Waals surface area contributed by atoms with Gasteiger partial charge in [0.05, 0.1) is 11.1 Å². The van der Waals surface area contributed by atoms with Gasteiger partial charge in [-0.15, -0.1) is 0 Å². The van der Waals surface area contributed by atoms with E-state index >= 15 is 0 Å². The number of nitrogen functional groups attached to an aromatic ring is 1. The van der Waals surface area contributed by atoms with E-state index in [1.54, 1.807) is 30.8 Å². The molecule has 0 aromatic carbocycles. The molecule has 0 atom stereocenters. The van der Waals surface area contributed by atoms with E-state index in [4.69, 9.17) is 14.6 Å². The highest BCUT2D eigenvalue weighted by Crippen LogP contribution is 2.32. The van der Waals surface area contributed by atoms with Crippen LogP contribution in [0.3, 0.4) is 0 Å². The van der Waals surface area contributed by atoms with Crippen LogP contribution in [0.1, 0.15) is 27.6 Å². The number of aryl methyl sites for hydroxylation is 3. The largest absolute Gasteiger partial charge is 0.458 e. The van der Waals surface area contributed by atoms with Gasteiger partial charge in [0, 0.05) is 7.05 Å². The molecular weight excluding hydrogens is 246 g/mol. The summed E-state index contributed by atoms with van der Waals surface area (Å²) in [7, 11) is 1.74. The van der Waals surface area contributed by atoms with Crippen LogP contribution in [0, 0.1) is 13.8 Å². The van der Waals surface area contributed by atoms with Gasteiger partial charge in [-0.1, -0.05) is 0 Å². The van der Waals surface area contributed by atoms with Crippen LogP contribution in [0.25, 0.3) is 11.1 Å². The summed E-state index contributed by atoms with van der Waals surface area (Å²) in [5.74, 6) is 0.713. The Labute approximate surface area is 108 Å². The maximum atomic E-state index is 12.4. The standard InChI is InChI=1S/C13H13N3O3/c1-6-4-5-8(18-6)11(17)10-9-7(2)15-16(3)13(9)19-12(10)14/h4-5H,14H2,1-3H3. The summed E-state index contributed by atoms with van der Waals surface area (Å²) in [6.07, 6.45) is 0. The number of carbonyl (C=O) groups excluding carboxylic acids is 1. The summed E-state index contributed by atoms with van der Waals surface area (Å²) in [5.41, 5.74) is 7.31. The lowest BCUT2D eigenvalue weighted by atomic mass is 10.1. The molecule has 98 valence electrons. The molecule has 0 saturated heterocycles. The van der Waals surface area contributed by atoms with Crippen molar-refractivity contribution in [1.82, 2.24) is 9.78 Å². The van der Waals surface area contributed by atoms with Crippen LogP contribution in [0.4, 0.5) is 5.88 Å². The van der Waals surface area contributed by atoms with E-state index in [9.17, 15) is 4.79 Å². The summed E-state index contributed by atoms with van der Waals surface area (Å²) in [4.78, 5) is 12.4. The van der Waals surface area contributed by atoms with Crippen molar-refractivity contribution in [3.63, 3.8) is 0 Å². The summed E-state index contributed by atoms with van der Waals surface area (Å²) < 4.78 is 12.3. The number of ketones is 1. The molecule has 0 amide bonds. The zero-order chi connectivity index (χ0) is 13.7. The highest BCUT2D eigenvalue weighted by atomic mass is 16.4. The Bertz CT molecular complexity index is 792. The molecule has 0 aliphatic rings. The molecule has 3 rings (SSSR count). The molecule has 0 aliphatic heterocycles. The molecule has 3 aromatic rings. The van der Waals surface area contributed by atoms with Gasteiger partial charge in [-0.2, -0.15) is 5.10 Å². The molecule has 0 radical (unpaired) electrons. The molecule has 3 aromatic heterocycles. The first-order valence-electron chi connectivity index (χ1n) is 5.81. The lowest BCUT2D eigenvalue weighted by Crippen LogP contribution is -2.02. The zero-order valence-corrected chi connectivity index (χ0v) is 10.9. The first kappa shape index (κ1) is 11.6. The molecule has 0 spiro atoms. The number of aromatic nitrogens is 2. The number of hydrogen-bond acceptors (Lipinski definition) is 5. The van der Waals surface area contributed by atoms with Gasteiger partial charge in [-0.05, 0) is 26.0 Å². The van der Waals surface area contributed by atoms with Crippen molar-refractivity contribution in [3.05, 3.63) is 34.9 Å². The van der Waals surface area contributed by atoms with Gasteiger partial charge in [-0.3, -0.25) is 4.79 Å². The second-order valence-electron chi connectivity index (χ2n) is 4.47. The first-order chi connectivity index (χ1) is 8.99. The molecule has 0 unspecified atom stereocenters. The molecule has 6 nitrogen and oxygen atoms in total. The molecule has 0 fully saturated rings. The Morgan fingerprint density at radius 3 is 2.68 bits per heavy atom. The van der Waals surface area contributed by atoms with E-state index < -0.39 is 0 Å². The number of rotatable bonds is 2. The Kier molecular flexibility index (Phi) is 2.28. The number of carbonyl (C=O) groups is 1. The number of nitrogens with two attached hydrogens (primary N) is 1. The smallest absolute Gasteiger partial charge is 0.234 e. The highest BCUT2D eigenvalue weighted by Gasteiger charge is 2.26. The third-order valence-corrected chi connectivity index (χ3v) is 3.06. The number of anilines is 1. The van der Waals surface area contributed by atoms with Crippen molar-refractivity contribution >= 4 is 22.8 Å². The van der Waals surface area contributed by atoms with Crippen LogP contribution in [0.2, 0.25) is 0 Å². The van der Waals surface area contributed by atoms with E-state index in [2.05, 4.69) is 5.10 Å². The van der Waals surface area contributed by atoms with Crippen LogP contribution < -0.4 is 5.73 Å². The van der Waals surface area contributed by atoms with Gasteiger partial charge < -0.3 is 14.6 Å². The van der Waals surface area contributed by atoms with Crippen LogP contribution in [0.15, 0.2) is 21.0 Å². The Balaban J connectivity index is 2.25. The second-order valence-corrected chi connectivity index (χ2v) is 4.47. The topological polar surface area (TPSA) is 87.2 Å². The molecule has 0 aliphatic carbocycles. The average molecular weight is 259 g/mol. The average Bonchev–Trinajstić information content (AvgIpc) is 2.97. The molecule has 0 bridgehead atoms. The van der Waals surface area contributed by atoms with Crippen molar-refractivity contribution in [1.29, 1.82) is 0 Å². The summed E-state index contributed by atoms with van der Waals surface area (Å²) in [5, 5.41) is 4.86. The Morgan fingerprint density at radius 2 is 2.05 bits per heavy atom. The predicted molar refractivity (Wildman–Crippen MR) is 69.0 cm³/mol. The van der Waals surface area contributed by atoms with E-state index in [0.29, 0.717) is 28.1 Å². The third kappa shape index (κ3) is 1.56. The predicted octanol–water partition coefficient (Wildman–Crippen LogP) is 2.19. The Hall–Kier alpha value is -2.50. The maximum Gasteiger partial charge on any atom is 0.234 e. The highest BCUT2D eigenvalue weighted by molar-refractivity contribution is 6.18. The monoisotopic (exact) mass is 259 g/mol. The van der Waals surface area contributed by atoms with Crippen LogP contribution in [0.5, 0.6) is 0 Å². The van der Waals surface area contributed by atoms with E-state index in [-0.39, 0.29) is 17.4 Å². The van der Waals surface area contributed by atoms with E-state index in [0.717, 1.165) is 0 Å². The van der Waals surface area contributed by atoms with Gasteiger partial charge in [-0.25, -0.2) is 4.68 Å². The van der Waals surface area contributed by atoms with Gasteiger partial charge >= 0.3 is 0 Å². The summed E-state index contributed by atoms with van der Waals surface area (Å²) >= 11 is 0. The normalized spacial score (nSPS) is 11.3. The number of hydrogen-bond donors (Lipinski definition) is 1. The quantitative estimate of drug-likeness (QED) is 0.713. The second kappa shape index (κ2) is 3.74. The zero-order valence-electron chi connectivity index (χ0n) is 10.9. The number of nitrogens with zero attached hydrogens (tertiary/aromatic N) is 2. The minimum absolute atomic E-state index is 0.0881. The van der Waals surface area contributed by atoms with E-state index in [1.807, 2.05) is 6.92 Å². The van der Waals surface area contributed by atoms with Gasteiger partial charge in [0.1, 0.15) is 11.3 Å². The summed E-state index contributed by atoms with van der Waals surface area (Å²) in [6, 6.07) is 3.36. The van der Waals surface area contributed by atoms with Crippen molar-refractivity contribution in [2.75, 3.05) is 5.73 Å². The summed E-state index contributed by atoms with van der Waals surface area (Å²) in [6.45, 7) is 3.59. The number of furan rings is 2. The fraction of sp³-hybridized carbons (Fsp3) is 0.231. The van der Waals surface area contributed by atoms with E-state index in [1.165, 1.54) is 0 Å². The first-order valence-corrected chi connectivity index (χ1v) is 5.81. The maximum absolute atomic E-state index is 12.4. The molecular formula is C13H13N3O3. The van der Waals surface area contributed by atoms with Crippen LogP contribution >= 0.6 is 0 Å². The molecule has 19 heavy (non-hydrogen) atoms. The molecule has 3 heterocycles. The lowest BCUT2D eigenvalue weighted by Gasteiger charge is -1.96. The van der Waals surface area contributed by atoms with Crippen LogP contribution in [-0.4, -0.2) is 15.6 Å².